The van der Waals surface area contributed by atoms with Gasteiger partial charge in [-0.2, -0.15) is 0 Å². The van der Waals surface area contributed by atoms with Crippen LogP contribution in [0.5, 0.6) is 11.5 Å². The number of carbonyl (C=O) groups excluding carboxylic acids is 1. The fourth-order valence-corrected chi connectivity index (χ4v) is 1.46. The first-order valence-corrected chi connectivity index (χ1v) is 3.86. The molecule has 0 unspecified atom stereocenters. The third-order valence-electron chi connectivity index (χ3n) is 2.06. The van der Waals surface area contributed by atoms with Crippen LogP contribution in [-0.4, -0.2) is 16.2 Å². The number of esters is 1. The minimum atomic E-state index is -0.542. The van der Waals surface area contributed by atoms with Crippen molar-refractivity contribution in [2.75, 3.05) is 0 Å². The van der Waals surface area contributed by atoms with Gasteiger partial charge in [0.2, 0.25) is 0 Å². The summed E-state index contributed by atoms with van der Waals surface area (Å²) >= 11 is 0. The lowest BCUT2D eigenvalue weighted by Gasteiger charge is -2.02. The van der Waals surface area contributed by atoms with Crippen LogP contribution in [0.4, 0.5) is 0 Å². The van der Waals surface area contributed by atoms with Gasteiger partial charge < -0.3 is 14.9 Å². The molecule has 0 bridgehead atoms. The number of rotatable bonds is 0. The first kappa shape index (κ1) is 7.91. The molecular formula is C9H8O4. The summed E-state index contributed by atoms with van der Waals surface area (Å²) < 4.78 is 4.86. The number of cyclic esters (lactones) is 1. The monoisotopic (exact) mass is 180 g/mol. The van der Waals surface area contributed by atoms with Crippen LogP contribution in [0.1, 0.15) is 28.9 Å². The molecule has 68 valence electrons. The number of hydrogen-bond donors (Lipinski definition) is 2. The molecule has 0 saturated carbocycles. The zero-order chi connectivity index (χ0) is 9.59. The Kier molecular flexibility index (Phi) is 1.45. The molecule has 1 aliphatic rings. The van der Waals surface area contributed by atoms with Crippen molar-refractivity contribution in [1.82, 2.24) is 0 Å². The Bertz CT molecular complexity index is 383. The van der Waals surface area contributed by atoms with Gasteiger partial charge in [0, 0.05) is 11.6 Å². The SMILES string of the molecule is C[C@H]1OC(=O)c2c(O)cc(O)cc21. The molecule has 1 heterocycles. The standard InChI is InChI=1S/C9H8O4/c1-4-6-2-5(10)3-7(11)8(6)9(12)13-4/h2-4,10-11H,1H3/t4-/m1/s1. The smallest absolute Gasteiger partial charge is 0.342 e. The number of phenols is 2. The van der Waals surface area contributed by atoms with Crippen molar-refractivity contribution in [3.05, 3.63) is 23.3 Å². The number of benzene rings is 1. The second-order valence-corrected chi connectivity index (χ2v) is 2.98. The molecule has 2 N–H and O–H groups in total. The Labute approximate surface area is 74.4 Å². The Balaban J connectivity index is 2.69. The Hall–Kier alpha value is -1.71. The summed E-state index contributed by atoms with van der Waals surface area (Å²) in [6.07, 6.45) is -0.402. The lowest BCUT2D eigenvalue weighted by molar-refractivity contribution is 0.0420. The maximum Gasteiger partial charge on any atom is 0.342 e. The number of carbonyl (C=O) groups is 1. The number of fused-ring (bicyclic) bond motifs is 1. The molecule has 13 heavy (non-hydrogen) atoms. The molecule has 1 aliphatic heterocycles. The van der Waals surface area contributed by atoms with Gasteiger partial charge in [-0.15, -0.1) is 0 Å². The highest BCUT2D eigenvalue weighted by molar-refractivity contribution is 5.97. The summed E-state index contributed by atoms with van der Waals surface area (Å²) in [5.41, 5.74) is 0.688. The van der Waals surface area contributed by atoms with Crippen molar-refractivity contribution in [3.63, 3.8) is 0 Å². The minimum Gasteiger partial charge on any atom is -0.508 e. The lowest BCUT2D eigenvalue weighted by atomic mass is 10.0. The van der Waals surface area contributed by atoms with Crippen molar-refractivity contribution in [3.8, 4) is 11.5 Å². The van der Waals surface area contributed by atoms with Gasteiger partial charge in [0.25, 0.3) is 0 Å². The van der Waals surface area contributed by atoms with Crippen molar-refractivity contribution < 1.29 is 19.7 Å². The van der Waals surface area contributed by atoms with E-state index in [1.165, 1.54) is 6.07 Å². The summed E-state index contributed by atoms with van der Waals surface area (Å²) in [6, 6.07) is 2.54. The molecule has 0 amide bonds. The zero-order valence-electron chi connectivity index (χ0n) is 6.94. The molecule has 4 heteroatoms. The Morgan fingerprint density at radius 1 is 1.38 bits per heavy atom. The first-order chi connectivity index (χ1) is 6.09. The summed E-state index contributed by atoms with van der Waals surface area (Å²) in [7, 11) is 0. The maximum atomic E-state index is 11.1. The van der Waals surface area contributed by atoms with E-state index in [0.29, 0.717) is 5.56 Å². The van der Waals surface area contributed by atoms with Crippen LogP contribution in [0.2, 0.25) is 0 Å². The molecule has 0 radical (unpaired) electrons. The number of ether oxygens (including phenoxy) is 1. The van der Waals surface area contributed by atoms with E-state index in [-0.39, 0.29) is 17.1 Å². The van der Waals surface area contributed by atoms with E-state index in [9.17, 15) is 9.90 Å². The summed E-state index contributed by atoms with van der Waals surface area (Å²) in [5, 5.41) is 18.5. The van der Waals surface area contributed by atoms with Gasteiger partial charge in [0.1, 0.15) is 23.2 Å². The largest absolute Gasteiger partial charge is 0.508 e. The number of aromatic hydroxyl groups is 2. The number of hydrogen-bond acceptors (Lipinski definition) is 4. The lowest BCUT2D eigenvalue weighted by Crippen LogP contribution is -1.94. The van der Waals surface area contributed by atoms with Crippen molar-refractivity contribution in [2.24, 2.45) is 0 Å². The Morgan fingerprint density at radius 3 is 2.77 bits per heavy atom. The third-order valence-corrected chi connectivity index (χ3v) is 2.06. The average Bonchev–Trinajstić information content (AvgIpc) is 2.27. The van der Waals surface area contributed by atoms with Gasteiger partial charge in [-0.1, -0.05) is 0 Å². The molecule has 2 rings (SSSR count). The van der Waals surface area contributed by atoms with Gasteiger partial charge in [-0.05, 0) is 13.0 Å². The van der Waals surface area contributed by atoms with Crippen molar-refractivity contribution in [2.45, 2.75) is 13.0 Å². The van der Waals surface area contributed by atoms with E-state index < -0.39 is 12.1 Å². The highest BCUT2D eigenvalue weighted by Crippen LogP contribution is 2.38. The Morgan fingerprint density at radius 2 is 2.08 bits per heavy atom. The summed E-state index contributed by atoms with van der Waals surface area (Å²) in [4.78, 5) is 11.1. The average molecular weight is 180 g/mol. The number of phenolic OH excluding ortho intramolecular Hbond substituents is 2. The fraction of sp³-hybridized carbons (Fsp3) is 0.222. The molecule has 1 atom stereocenters. The molecule has 1 aromatic carbocycles. The molecule has 0 aromatic heterocycles. The second kappa shape index (κ2) is 2.39. The topological polar surface area (TPSA) is 66.8 Å². The van der Waals surface area contributed by atoms with E-state index in [1.54, 1.807) is 6.92 Å². The third kappa shape index (κ3) is 1.02. The van der Waals surface area contributed by atoms with Crippen LogP contribution in [0.3, 0.4) is 0 Å². The highest BCUT2D eigenvalue weighted by atomic mass is 16.5. The molecule has 1 aromatic rings. The predicted molar refractivity (Wildman–Crippen MR) is 43.6 cm³/mol. The van der Waals surface area contributed by atoms with Crippen LogP contribution in [0, 0.1) is 0 Å². The van der Waals surface area contributed by atoms with Crippen LogP contribution in [0.25, 0.3) is 0 Å². The summed E-state index contributed by atoms with van der Waals surface area (Å²) in [5.74, 6) is -0.842. The van der Waals surface area contributed by atoms with Crippen molar-refractivity contribution in [1.29, 1.82) is 0 Å². The van der Waals surface area contributed by atoms with Crippen LogP contribution >= 0.6 is 0 Å². The van der Waals surface area contributed by atoms with Crippen LogP contribution in [-0.2, 0) is 4.74 Å². The fourth-order valence-electron chi connectivity index (χ4n) is 1.46. The van der Waals surface area contributed by atoms with E-state index in [4.69, 9.17) is 9.84 Å². The van der Waals surface area contributed by atoms with E-state index in [0.717, 1.165) is 6.07 Å². The summed E-state index contributed by atoms with van der Waals surface area (Å²) in [6.45, 7) is 1.68. The highest BCUT2D eigenvalue weighted by Gasteiger charge is 2.31. The van der Waals surface area contributed by atoms with Gasteiger partial charge in [0.15, 0.2) is 0 Å². The van der Waals surface area contributed by atoms with Gasteiger partial charge in [-0.25, -0.2) is 4.79 Å². The van der Waals surface area contributed by atoms with Crippen LogP contribution < -0.4 is 0 Å². The predicted octanol–water partition coefficient (Wildman–Crippen LogP) is 1.33. The quantitative estimate of drug-likeness (QED) is 0.591. The van der Waals surface area contributed by atoms with E-state index in [1.807, 2.05) is 0 Å². The van der Waals surface area contributed by atoms with Crippen molar-refractivity contribution >= 4 is 5.97 Å². The second-order valence-electron chi connectivity index (χ2n) is 2.98. The maximum absolute atomic E-state index is 11.1. The van der Waals surface area contributed by atoms with E-state index >= 15 is 0 Å². The molecule has 0 saturated heterocycles. The first-order valence-electron chi connectivity index (χ1n) is 3.86. The van der Waals surface area contributed by atoms with E-state index in [2.05, 4.69) is 0 Å². The van der Waals surface area contributed by atoms with Gasteiger partial charge >= 0.3 is 5.97 Å². The molecular weight excluding hydrogens is 172 g/mol. The molecule has 4 nitrogen and oxygen atoms in total. The molecule has 0 aliphatic carbocycles. The van der Waals surface area contributed by atoms with Gasteiger partial charge in [0.05, 0.1) is 0 Å². The normalized spacial score (nSPS) is 19.8. The van der Waals surface area contributed by atoms with Gasteiger partial charge in [-0.3, -0.25) is 0 Å². The van der Waals surface area contributed by atoms with Crippen LogP contribution in [0.15, 0.2) is 12.1 Å². The molecule has 0 fully saturated rings. The minimum absolute atomic E-state index is 0.0681. The zero-order valence-corrected chi connectivity index (χ0v) is 6.94. The molecule has 0 spiro atoms.